The quantitative estimate of drug-likeness (QED) is 0.150. The molecule has 3 N–H and O–H groups in total. The molecule has 1 aromatic heterocycles. The first-order chi connectivity index (χ1) is 19.8. The Labute approximate surface area is 246 Å². The normalized spacial score (nSPS) is 11.8. The smallest absolute Gasteiger partial charge is 0.272 e. The molecule has 3 amide bonds. The lowest BCUT2D eigenvalue weighted by atomic mass is 10.1. The van der Waals surface area contributed by atoms with Gasteiger partial charge in [-0.25, -0.2) is 0 Å². The minimum absolute atomic E-state index is 0.0697. The molecule has 41 heavy (non-hydrogen) atoms. The number of rotatable bonds is 11. The van der Waals surface area contributed by atoms with Gasteiger partial charge in [0.25, 0.3) is 11.8 Å². The van der Waals surface area contributed by atoms with E-state index >= 15 is 0 Å². The Hall–Kier alpha value is -4.48. The summed E-state index contributed by atoms with van der Waals surface area (Å²) in [5.41, 5.74) is 1.72. The first kappa shape index (κ1) is 29.5. The monoisotopic (exact) mass is 587 g/mol. The summed E-state index contributed by atoms with van der Waals surface area (Å²) in [5, 5.41) is 17.2. The van der Waals surface area contributed by atoms with Crippen molar-refractivity contribution in [1.29, 1.82) is 0 Å². The molecule has 9 nitrogen and oxygen atoms in total. The van der Waals surface area contributed by atoms with Gasteiger partial charge in [-0.3, -0.25) is 19.7 Å². The summed E-state index contributed by atoms with van der Waals surface area (Å²) in [5.74, 6) is -0.402. The Kier molecular flexibility index (Phi) is 10.2. The molecule has 0 aliphatic rings. The van der Waals surface area contributed by atoms with Gasteiger partial charge in [-0.15, -0.1) is 22.0 Å². The predicted molar refractivity (Wildman–Crippen MR) is 163 cm³/mol. The van der Waals surface area contributed by atoms with Crippen LogP contribution in [0, 0.1) is 6.92 Å². The van der Waals surface area contributed by atoms with Crippen molar-refractivity contribution >= 4 is 57.7 Å². The molecule has 0 saturated carbocycles. The van der Waals surface area contributed by atoms with Gasteiger partial charge in [-0.1, -0.05) is 54.7 Å². The largest absolute Gasteiger partial charge is 0.497 e. The van der Waals surface area contributed by atoms with Crippen molar-refractivity contribution in [2.45, 2.75) is 30.4 Å². The summed E-state index contributed by atoms with van der Waals surface area (Å²) < 4.78 is 5.21. The van der Waals surface area contributed by atoms with Crippen LogP contribution in [0.2, 0.25) is 0 Å². The van der Waals surface area contributed by atoms with Crippen molar-refractivity contribution in [2.75, 3.05) is 17.7 Å². The van der Waals surface area contributed by atoms with E-state index in [4.69, 9.17) is 4.74 Å². The lowest BCUT2D eigenvalue weighted by Gasteiger charge is -2.15. The van der Waals surface area contributed by atoms with E-state index in [9.17, 15) is 14.4 Å². The average Bonchev–Trinajstić information content (AvgIpc) is 3.40. The van der Waals surface area contributed by atoms with Gasteiger partial charge in [0.05, 0.1) is 12.4 Å². The number of ether oxygens (including phenoxy) is 1. The molecule has 210 valence electrons. The summed E-state index contributed by atoms with van der Waals surface area (Å²) in [7, 11) is 1.57. The number of carbonyl (C=O) groups is 3. The third-order valence-corrected chi connectivity index (χ3v) is 7.86. The number of hydrogen-bond acceptors (Lipinski definition) is 8. The lowest BCUT2D eigenvalue weighted by molar-refractivity contribution is -0.116. The van der Waals surface area contributed by atoms with Crippen LogP contribution in [0.3, 0.4) is 0 Å². The summed E-state index contributed by atoms with van der Waals surface area (Å²) >= 11 is 2.70. The molecule has 0 saturated heterocycles. The molecular weight excluding hydrogens is 558 g/mol. The molecule has 11 heteroatoms. The Morgan fingerprint density at radius 2 is 1.73 bits per heavy atom. The zero-order chi connectivity index (χ0) is 29.2. The van der Waals surface area contributed by atoms with Gasteiger partial charge in [-0.05, 0) is 67.4 Å². The van der Waals surface area contributed by atoms with Crippen LogP contribution in [-0.2, 0) is 9.59 Å². The standard InChI is InChI=1S/C30H29N5O4S2/c1-4-26(29(38)33-30-35-34-19(2)40-30)41-24-12-8-11-22(18-24)31-28(37)25(17-20-13-15-23(39-3)16-14-20)32-27(36)21-9-6-5-7-10-21/h5-18,26H,4H2,1-3H3,(H,31,37)(H,32,36)(H,33,35,38)/b25-17+. The van der Waals surface area contributed by atoms with Crippen LogP contribution < -0.4 is 20.7 Å². The fourth-order valence-electron chi connectivity index (χ4n) is 3.67. The van der Waals surface area contributed by atoms with Crippen LogP contribution in [-0.4, -0.2) is 40.3 Å². The van der Waals surface area contributed by atoms with E-state index in [2.05, 4.69) is 26.1 Å². The Balaban J connectivity index is 1.50. The van der Waals surface area contributed by atoms with E-state index < -0.39 is 11.8 Å². The average molecular weight is 588 g/mol. The van der Waals surface area contributed by atoms with Crippen LogP contribution >= 0.6 is 23.1 Å². The van der Waals surface area contributed by atoms with Crippen molar-refractivity contribution in [1.82, 2.24) is 15.5 Å². The van der Waals surface area contributed by atoms with Gasteiger partial charge in [0.1, 0.15) is 16.5 Å². The number of carbonyl (C=O) groups excluding carboxylic acids is 3. The van der Waals surface area contributed by atoms with E-state index in [1.165, 1.54) is 23.1 Å². The highest BCUT2D eigenvalue weighted by Crippen LogP contribution is 2.29. The fraction of sp³-hybridized carbons (Fsp3) is 0.167. The van der Waals surface area contributed by atoms with E-state index in [1.54, 1.807) is 79.9 Å². The number of hydrogen-bond donors (Lipinski definition) is 3. The molecular formula is C30H29N5O4S2. The van der Waals surface area contributed by atoms with Crippen molar-refractivity contribution in [3.63, 3.8) is 0 Å². The maximum Gasteiger partial charge on any atom is 0.272 e. The topological polar surface area (TPSA) is 122 Å². The first-order valence-corrected chi connectivity index (χ1v) is 14.5. The minimum Gasteiger partial charge on any atom is -0.497 e. The molecule has 1 atom stereocenters. The SMILES string of the molecule is CCC(Sc1cccc(NC(=O)/C(=C\c2ccc(OC)cc2)NC(=O)c2ccccc2)c1)C(=O)Nc1nnc(C)s1. The van der Waals surface area contributed by atoms with E-state index in [0.717, 1.165) is 9.90 Å². The Bertz CT molecular complexity index is 1540. The molecule has 1 unspecified atom stereocenters. The molecule has 1 heterocycles. The maximum absolute atomic E-state index is 13.4. The van der Waals surface area contributed by atoms with Crippen molar-refractivity contribution in [3.05, 3.63) is 101 Å². The van der Waals surface area contributed by atoms with Gasteiger partial charge in [0.2, 0.25) is 11.0 Å². The summed E-state index contributed by atoms with van der Waals surface area (Å²) in [6.07, 6.45) is 2.19. The second kappa shape index (κ2) is 14.2. The van der Waals surface area contributed by atoms with Gasteiger partial charge < -0.3 is 15.4 Å². The summed E-state index contributed by atoms with van der Waals surface area (Å²) in [4.78, 5) is 39.9. The molecule has 0 fully saturated rings. The van der Waals surface area contributed by atoms with Gasteiger partial charge in [0, 0.05) is 16.1 Å². The second-order valence-electron chi connectivity index (χ2n) is 8.76. The number of thioether (sulfide) groups is 1. The summed E-state index contributed by atoms with van der Waals surface area (Å²) in [6, 6.07) is 23.0. The van der Waals surface area contributed by atoms with Crippen LogP contribution in [0.15, 0.2) is 89.5 Å². The van der Waals surface area contributed by atoms with Crippen LogP contribution in [0.4, 0.5) is 10.8 Å². The predicted octanol–water partition coefficient (Wildman–Crippen LogP) is 5.77. The number of aryl methyl sites for hydroxylation is 1. The van der Waals surface area contributed by atoms with E-state index in [1.807, 2.05) is 26.0 Å². The molecule has 0 aliphatic heterocycles. The van der Waals surface area contributed by atoms with Crippen molar-refractivity contribution in [2.24, 2.45) is 0 Å². The van der Waals surface area contributed by atoms with Crippen LogP contribution in [0.5, 0.6) is 5.75 Å². The molecule has 0 spiro atoms. The van der Waals surface area contributed by atoms with Gasteiger partial charge >= 0.3 is 0 Å². The number of anilines is 2. The van der Waals surface area contributed by atoms with Crippen LogP contribution in [0.1, 0.15) is 34.3 Å². The second-order valence-corrected chi connectivity index (χ2v) is 11.2. The highest BCUT2D eigenvalue weighted by Gasteiger charge is 2.20. The highest BCUT2D eigenvalue weighted by molar-refractivity contribution is 8.00. The van der Waals surface area contributed by atoms with E-state index in [0.29, 0.717) is 34.1 Å². The number of nitrogens with one attached hydrogen (secondary N) is 3. The molecule has 0 radical (unpaired) electrons. The number of aromatic nitrogens is 2. The highest BCUT2D eigenvalue weighted by atomic mass is 32.2. The van der Waals surface area contributed by atoms with Crippen molar-refractivity contribution < 1.29 is 19.1 Å². The Morgan fingerprint density at radius 3 is 2.39 bits per heavy atom. The number of nitrogens with zero attached hydrogens (tertiary/aromatic N) is 2. The maximum atomic E-state index is 13.4. The molecule has 3 aromatic carbocycles. The lowest BCUT2D eigenvalue weighted by Crippen LogP contribution is -2.30. The summed E-state index contributed by atoms with van der Waals surface area (Å²) in [6.45, 7) is 3.75. The van der Waals surface area contributed by atoms with Gasteiger partial charge in [-0.2, -0.15) is 0 Å². The molecule has 0 bridgehead atoms. The number of methoxy groups -OCH3 is 1. The van der Waals surface area contributed by atoms with Gasteiger partial charge in [0.15, 0.2) is 0 Å². The fourth-order valence-corrected chi connectivity index (χ4v) is 5.28. The first-order valence-electron chi connectivity index (χ1n) is 12.8. The zero-order valence-corrected chi connectivity index (χ0v) is 24.3. The zero-order valence-electron chi connectivity index (χ0n) is 22.7. The molecule has 0 aliphatic carbocycles. The van der Waals surface area contributed by atoms with Crippen molar-refractivity contribution in [3.8, 4) is 5.75 Å². The molecule has 4 rings (SSSR count). The molecule has 4 aromatic rings. The third-order valence-electron chi connectivity index (χ3n) is 5.75. The van der Waals surface area contributed by atoms with E-state index in [-0.39, 0.29) is 16.9 Å². The minimum atomic E-state index is -0.497. The van der Waals surface area contributed by atoms with Crippen LogP contribution in [0.25, 0.3) is 6.08 Å². The number of benzene rings is 3. The number of amides is 3. The third kappa shape index (κ3) is 8.50. The Morgan fingerprint density at radius 1 is 0.976 bits per heavy atom.